The highest BCUT2D eigenvalue weighted by Gasteiger charge is 2.17. The minimum Gasteiger partial charge on any atom is -0.496 e. The maximum Gasteiger partial charge on any atom is 0.221 e. The third-order valence-electron chi connectivity index (χ3n) is 3.51. The molecule has 4 nitrogen and oxygen atoms in total. The minimum absolute atomic E-state index is 0.0991. The average molecular weight is 262 g/mol. The van der Waals surface area contributed by atoms with Gasteiger partial charge in [0.1, 0.15) is 5.75 Å². The van der Waals surface area contributed by atoms with E-state index in [4.69, 9.17) is 4.74 Å². The second kappa shape index (κ2) is 6.57. The third kappa shape index (κ3) is 3.96. The van der Waals surface area contributed by atoms with Crippen molar-refractivity contribution >= 4 is 5.91 Å². The number of nitrogens with one attached hydrogen (secondary N) is 2. The Morgan fingerprint density at radius 3 is 3.05 bits per heavy atom. The van der Waals surface area contributed by atoms with E-state index < -0.39 is 0 Å². The van der Waals surface area contributed by atoms with Crippen LogP contribution in [-0.2, 0) is 11.3 Å². The first-order chi connectivity index (χ1) is 9.19. The van der Waals surface area contributed by atoms with E-state index in [1.807, 2.05) is 25.1 Å². The molecule has 1 atom stereocenters. The van der Waals surface area contributed by atoms with Crippen molar-refractivity contribution in [2.45, 2.75) is 38.8 Å². The second-order valence-corrected chi connectivity index (χ2v) is 5.09. The van der Waals surface area contributed by atoms with Crippen molar-refractivity contribution in [1.29, 1.82) is 0 Å². The van der Waals surface area contributed by atoms with Gasteiger partial charge in [0, 0.05) is 24.6 Å². The van der Waals surface area contributed by atoms with Crippen LogP contribution in [0.25, 0.3) is 0 Å². The zero-order valence-corrected chi connectivity index (χ0v) is 11.7. The molecule has 1 fully saturated rings. The molecule has 1 aromatic carbocycles. The Morgan fingerprint density at radius 1 is 1.53 bits per heavy atom. The molecular weight excluding hydrogens is 240 g/mol. The molecule has 0 radical (unpaired) electrons. The van der Waals surface area contributed by atoms with Crippen LogP contribution in [0.3, 0.4) is 0 Å². The zero-order valence-electron chi connectivity index (χ0n) is 11.7. The summed E-state index contributed by atoms with van der Waals surface area (Å²) in [5.41, 5.74) is 2.17. The molecule has 2 N–H and O–H groups in total. The van der Waals surface area contributed by atoms with Crippen LogP contribution < -0.4 is 15.4 Å². The molecule has 1 heterocycles. The summed E-state index contributed by atoms with van der Waals surface area (Å²) < 4.78 is 5.33. The molecule has 0 bridgehead atoms. The van der Waals surface area contributed by atoms with Crippen LogP contribution >= 0.6 is 0 Å². The van der Waals surface area contributed by atoms with Gasteiger partial charge in [-0.15, -0.1) is 0 Å². The van der Waals surface area contributed by atoms with Crippen LogP contribution in [0, 0.1) is 6.92 Å². The van der Waals surface area contributed by atoms with E-state index in [0.717, 1.165) is 29.8 Å². The Kier molecular flexibility index (Phi) is 4.80. The van der Waals surface area contributed by atoms with E-state index in [1.54, 1.807) is 7.11 Å². The molecule has 1 aliphatic heterocycles. The van der Waals surface area contributed by atoms with Crippen LogP contribution in [0.1, 0.15) is 30.4 Å². The highest BCUT2D eigenvalue weighted by Crippen LogP contribution is 2.19. The number of carbonyl (C=O) groups excluding carboxylic acids is 1. The summed E-state index contributed by atoms with van der Waals surface area (Å²) in [6.07, 6.45) is 2.83. The van der Waals surface area contributed by atoms with Crippen molar-refractivity contribution in [3.63, 3.8) is 0 Å². The Balaban J connectivity index is 1.85. The van der Waals surface area contributed by atoms with Crippen LogP contribution in [-0.4, -0.2) is 25.6 Å². The van der Waals surface area contributed by atoms with Crippen LogP contribution in [0.5, 0.6) is 5.75 Å². The van der Waals surface area contributed by atoms with Gasteiger partial charge in [-0.05, 0) is 37.9 Å². The van der Waals surface area contributed by atoms with E-state index in [-0.39, 0.29) is 5.91 Å². The van der Waals surface area contributed by atoms with E-state index in [0.29, 0.717) is 19.0 Å². The molecule has 19 heavy (non-hydrogen) atoms. The van der Waals surface area contributed by atoms with Gasteiger partial charge in [-0.2, -0.15) is 0 Å². The van der Waals surface area contributed by atoms with Crippen molar-refractivity contribution in [3.05, 3.63) is 29.3 Å². The summed E-state index contributed by atoms with van der Waals surface area (Å²) in [6.45, 7) is 3.58. The quantitative estimate of drug-likeness (QED) is 0.850. The fraction of sp³-hybridized carbons (Fsp3) is 0.533. The number of hydrogen-bond donors (Lipinski definition) is 2. The fourth-order valence-electron chi connectivity index (χ4n) is 2.42. The van der Waals surface area contributed by atoms with E-state index in [9.17, 15) is 4.79 Å². The molecule has 0 aromatic heterocycles. The smallest absolute Gasteiger partial charge is 0.221 e. The number of amides is 1. The lowest BCUT2D eigenvalue weighted by Gasteiger charge is -2.12. The molecule has 1 aromatic rings. The van der Waals surface area contributed by atoms with Gasteiger partial charge in [-0.1, -0.05) is 12.1 Å². The molecule has 1 aliphatic rings. The number of rotatable bonds is 5. The van der Waals surface area contributed by atoms with E-state index in [1.165, 1.54) is 6.42 Å². The van der Waals surface area contributed by atoms with Gasteiger partial charge in [0.05, 0.1) is 7.11 Å². The molecule has 104 valence electrons. The molecule has 2 rings (SSSR count). The summed E-state index contributed by atoms with van der Waals surface area (Å²) in [6, 6.07) is 6.37. The number of carbonyl (C=O) groups is 1. The summed E-state index contributed by atoms with van der Waals surface area (Å²) in [5.74, 6) is 0.932. The maximum absolute atomic E-state index is 11.8. The molecule has 0 saturated carbocycles. The maximum atomic E-state index is 11.8. The number of methoxy groups -OCH3 is 1. The monoisotopic (exact) mass is 262 g/mol. The normalized spacial score (nSPS) is 18.3. The minimum atomic E-state index is 0.0991. The van der Waals surface area contributed by atoms with E-state index in [2.05, 4.69) is 10.6 Å². The molecule has 0 aliphatic carbocycles. The van der Waals surface area contributed by atoms with Crippen molar-refractivity contribution in [2.24, 2.45) is 0 Å². The van der Waals surface area contributed by atoms with Crippen molar-refractivity contribution in [2.75, 3.05) is 13.7 Å². The van der Waals surface area contributed by atoms with Gasteiger partial charge >= 0.3 is 0 Å². The van der Waals surface area contributed by atoms with Crippen molar-refractivity contribution in [1.82, 2.24) is 10.6 Å². The van der Waals surface area contributed by atoms with Crippen molar-refractivity contribution in [3.8, 4) is 5.75 Å². The predicted octanol–water partition coefficient (Wildman–Crippen LogP) is 1.76. The summed E-state index contributed by atoms with van der Waals surface area (Å²) in [5, 5.41) is 6.29. The second-order valence-electron chi connectivity index (χ2n) is 5.09. The lowest BCUT2D eigenvalue weighted by Crippen LogP contribution is -2.31. The topological polar surface area (TPSA) is 50.4 Å². The molecule has 1 amide bonds. The standard InChI is InChI=1S/C15H22N2O2/c1-11-5-6-12(14(8-11)19-2)10-17-15(18)9-13-4-3-7-16-13/h5-6,8,13,16H,3-4,7,9-10H2,1-2H3,(H,17,18). The van der Waals surface area contributed by atoms with Gasteiger partial charge in [0.2, 0.25) is 5.91 Å². The predicted molar refractivity (Wildman–Crippen MR) is 75.2 cm³/mol. The lowest BCUT2D eigenvalue weighted by atomic mass is 10.1. The number of ether oxygens (including phenoxy) is 1. The van der Waals surface area contributed by atoms with Crippen LogP contribution in [0.4, 0.5) is 0 Å². The first-order valence-electron chi connectivity index (χ1n) is 6.82. The summed E-state index contributed by atoms with van der Waals surface area (Å²) in [7, 11) is 1.66. The van der Waals surface area contributed by atoms with Gasteiger partial charge in [0.15, 0.2) is 0 Å². The number of aryl methyl sites for hydroxylation is 1. The van der Waals surface area contributed by atoms with Gasteiger partial charge in [-0.25, -0.2) is 0 Å². The molecule has 0 spiro atoms. The molecule has 4 heteroatoms. The first kappa shape index (κ1) is 13.9. The first-order valence-corrected chi connectivity index (χ1v) is 6.82. The largest absolute Gasteiger partial charge is 0.496 e. The Morgan fingerprint density at radius 2 is 2.37 bits per heavy atom. The van der Waals surface area contributed by atoms with Crippen LogP contribution in [0.15, 0.2) is 18.2 Å². The highest BCUT2D eigenvalue weighted by atomic mass is 16.5. The number of hydrogen-bond acceptors (Lipinski definition) is 3. The third-order valence-corrected chi connectivity index (χ3v) is 3.51. The van der Waals surface area contributed by atoms with E-state index >= 15 is 0 Å². The molecular formula is C15H22N2O2. The van der Waals surface area contributed by atoms with Crippen molar-refractivity contribution < 1.29 is 9.53 Å². The lowest BCUT2D eigenvalue weighted by molar-refractivity contribution is -0.121. The van der Waals surface area contributed by atoms with Gasteiger partial charge in [0.25, 0.3) is 0 Å². The average Bonchev–Trinajstić information content (AvgIpc) is 2.90. The summed E-state index contributed by atoms with van der Waals surface area (Å²) >= 11 is 0. The fourth-order valence-corrected chi connectivity index (χ4v) is 2.42. The Labute approximate surface area is 114 Å². The molecule has 1 unspecified atom stereocenters. The SMILES string of the molecule is COc1cc(C)ccc1CNC(=O)CC1CCCN1. The molecule has 1 saturated heterocycles. The highest BCUT2D eigenvalue weighted by molar-refractivity contribution is 5.76. The van der Waals surface area contributed by atoms with Gasteiger partial charge < -0.3 is 15.4 Å². The zero-order chi connectivity index (χ0) is 13.7. The van der Waals surface area contributed by atoms with Crippen LogP contribution in [0.2, 0.25) is 0 Å². The number of benzene rings is 1. The van der Waals surface area contributed by atoms with Gasteiger partial charge in [-0.3, -0.25) is 4.79 Å². The Bertz CT molecular complexity index is 440. The Hall–Kier alpha value is -1.55. The summed E-state index contributed by atoms with van der Waals surface area (Å²) in [4.78, 5) is 11.8.